The molecule has 0 saturated carbocycles. The average molecular weight is 345 g/mol. The molecular formula is C18H19NO4S. The fourth-order valence-corrected chi connectivity index (χ4v) is 2.77. The van der Waals surface area contributed by atoms with E-state index in [9.17, 15) is 9.59 Å². The number of esters is 2. The molecule has 2 rings (SSSR count). The van der Waals surface area contributed by atoms with E-state index < -0.39 is 17.5 Å². The highest BCUT2D eigenvalue weighted by molar-refractivity contribution is 7.99. The van der Waals surface area contributed by atoms with Gasteiger partial charge in [-0.3, -0.25) is 4.98 Å². The molecule has 6 heteroatoms. The first-order valence-electron chi connectivity index (χ1n) is 7.33. The van der Waals surface area contributed by atoms with Crippen molar-refractivity contribution in [3.63, 3.8) is 0 Å². The van der Waals surface area contributed by atoms with Crippen LogP contribution in [-0.4, -0.2) is 29.6 Å². The number of benzene rings is 1. The molecule has 0 unspecified atom stereocenters. The lowest BCUT2D eigenvalue weighted by molar-refractivity contribution is 0.00685. The summed E-state index contributed by atoms with van der Waals surface area (Å²) in [7, 11) is 1.34. The second-order valence-electron chi connectivity index (χ2n) is 6.03. The van der Waals surface area contributed by atoms with Crippen molar-refractivity contribution in [1.82, 2.24) is 4.98 Å². The minimum absolute atomic E-state index is 0.388. The molecule has 0 atom stereocenters. The number of hydrogen-bond donors (Lipinski definition) is 0. The summed E-state index contributed by atoms with van der Waals surface area (Å²) in [5, 5.41) is 0. The highest BCUT2D eigenvalue weighted by atomic mass is 32.2. The van der Waals surface area contributed by atoms with Crippen LogP contribution in [0.1, 0.15) is 41.5 Å². The SMILES string of the molecule is COC(=O)c1cccc(Sc2cncc(C(=O)OC(C)(C)C)c2)c1. The van der Waals surface area contributed by atoms with Gasteiger partial charge in [0.05, 0.1) is 18.2 Å². The number of carbonyl (C=O) groups is 2. The zero-order chi connectivity index (χ0) is 17.7. The zero-order valence-electron chi connectivity index (χ0n) is 14.0. The lowest BCUT2D eigenvalue weighted by Gasteiger charge is -2.19. The number of carbonyl (C=O) groups excluding carboxylic acids is 2. The second kappa shape index (κ2) is 7.49. The van der Waals surface area contributed by atoms with Gasteiger partial charge in [-0.1, -0.05) is 17.8 Å². The largest absolute Gasteiger partial charge is 0.465 e. The molecule has 0 aliphatic rings. The van der Waals surface area contributed by atoms with Gasteiger partial charge in [0.25, 0.3) is 0 Å². The Hall–Kier alpha value is -2.34. The molecule has 1 aromatic carbocycles. The molecule has 0 radical (unpaired) electrons. The number of pyridine rings is 1. The van der Waals surface area contributed by atoms with Gasteiger partial charge in [-0.25, -0.2) is 9.59 Å². The Kier molecular flexibility index (Phi) is 5.62. The van der Waals surface area contributed by atoms with Gasteiger partial charge in [0, 0.05) is 22.2 Å². The van der Waals surface area contributed by atoms with E-state index >= 15 is 0 Å². The van der Waals surface area contributed by atoms with Crippen molar-refractivity contribution in [3.8, 4) is 0 Å². The highest BCUT2D eigenvalue weighted by Gasteiger charge is 2.18. The lowest BCUT2D eigenvalue weighted by atomic mass is 10.2. The maximum atomic E-state index is 12.1. The standard InChI is InChI=1S/C18H19NO4S/c1-18(2,3)23-17(21)13-9-15(11-19-10-13)24-14-7-5-6-12(8-14)16(20)22-4/h5-11H,1-4H3. The number of ether oxygens (including phenoxy) is 2. The minimum Gasteiger partial charge on any atom is -0.465 e. The van der Waals surface area contributed by atoms with Gasteiger partial charge in [-0.15, -0.1) is 0 Å². The van der Waals surface area contributed by atoms with E-state index in [2.05, 4.69) is 4.98 Å². The van der Waals surface area contributed by atoms with E-state index in [1.54, 1.807) is 30.5 Å². The van der Waals surface area contributed by atoms with Crippen LogP contribution in [0.15, 0.2) is 52.5 Å². The van der Waals surface area contributed by atoms with Crippen LogP contribution in [-0.2, 0) is 9.47 Å². The molecule has 0 spiro atoms. The molecule has 0 amide bonds. The maximum absolute atomic E-state index is 12.1. The normalized spacial score (nSPS) is 11.0. The van der Waals surface area contributed by atoms with Crippen LogP contribution in [0, 0.1) is 0 Å². The molecule has 1 heterocycles. The Morgan fingerprint density at radius 1 is 1.00 bits per heavy atom. The predicted octanol–water partition coefficient (Wildman–Crippen LogP) is 3.97. The monoisotopic (exact) mass is 345 g/mol. The van der Waals surface area contributed by atoms with Gasteiger partial charge in [0.2, 0.25) is 0 Å². The summed E-state index contributed by atoms with van der Waals surface area (Å²) >= 11 is 1.40. The van der Waals surface area contributed by atoms with Crippen LogP contribution in [0.2, 0.25) is 0 Å². The Morgan fingerprint density at radius 3 is 2.38 bits per heavy atom. The van der Waals surface area contributed by atoms with Crippen molar-refractivity contribution in [2.24, 2.45) is 0 Å². The van der Waals surface area contributed by atoms with E-state index in [0.717, 1.165) is 9.79 Å². The van der Waals surface area contributed by atoms with Crippen molar-refractivity contribution >= 4 is 23.7 Å². The topological polar surface area (TPSA) is 65.5 Å². The van der Waals surface area contributed by atoms with Gasteiger partial charge in [0.15, 0.2) is 0 Å². The fraction of sp³-hybridized carbons (Fsp3) is 0.278. The zero-order valence-corrected chi connectivity index (χ0v) is 14.8. The summed E-state index contributed by atoms with van der Waals surface area (Å²) in [6.07, 6.45) is 3.13. The summed E-state index contributed by atoms with van der Waals surface area (Å²) in [5.74, 6) is -0.807. The quantitative estimate of drug-likeness (QED) is 0.781. The van der Waals surface area contributed by atoms with Gasteiger partial charge in [-0.2, -0.15) is 0 Å². The molecule has 2 aromatic rings. The number of nitrogens with zero attached hydrogens (tertiary/aromatic N) is 1. The Morgan fingerprint density at radius 2 is 1.71 bits per heavy atom. The Balaban J connectivity index is 2.18. The summed E-state index contributed by atoms with van der Waals surface area (Å²) in [4.78, 5) is 29.4. The number of aromatic nitrogens is 1. The lowest BCUT2D eigenvalue weighted by Crippen LogP contribution is -2.23. The van der Waals surface area contributed by atoms with E-state index in [1.165, 1.54) is 25.1 Å². The smallest absolute Gasteiger partial charge is 0.340 e. The fourth-order valence-electron chi connectivity index (χ4n) is 1.86. The van der Waals surface area contributed by atoms with Gasteiger partial charge in [-0.05, 0) is 45.0 Å². The van der Waals surface area contributed by atoms with Crippen molar-refractivity contribution < 1.29 is 19.1 Å². The predicted molar refractivity (Wildman–Crippen MR) is 91.3 cm³/mol. The number of rotatable bonds is 4. The third kappa shape index (κ3) is 5.09. The molecular weight excluding hydrogens is 326 g/mol. The Bertz CT molecular complexity index is 753. The molecule has 1 aromatic heterocycles. The molecule has 5 nitrogen and oxygen atoms in total. The van der Waals surface area contributed by atoms with Crippen molar-refractivity contribution in [2.45, 2.75) is 36.2 Å². The third-order valence-corrected chi connectivity index (χ3v) is 3.79. The molecule has 0 fully saturated rings. The van der Waals surface area contributed by atoms with Crippen molar-refractivity contribution in [2.75, 3.05) is 7.11 Å². The first-order chi connectivity index (χ1) is 11.3. The van der Waals surface area contributed by atoms with E-state index in [1.807, 2.05) is 26.8 Å². The summed E-state index contributed by atoms with van der Waals surface area (Å²) in [5.41, 5.74) is 0.299. The second-order valence-corrected chi connectivity index (χ2v) is 7.18. The van der Waals surface area contributed by atoms with Crippen molar-refractivity contribution in [3.05, 3.63) is 53.9 Å². The van der Waals surface area contributed by atoms with E-state index in [-0.39, 0.29) is 0 Å². The Labute approximate surface area is 145 Å². The summed E-state index contributed by atoms with van der Waals surface area (Å²) < 4.78 is 10.1. The number of methoxy groups -OCH3 is 1. The minimum atomic E-state index is -0.560. The summed E-state index contributed by atoms with van der Waals surface area (Å²) in [6.45, 7) is 5.44. The van der Waals surface area contributed by atoms with Crippen LogP contribution < -0.4 is 0 Å². The molecule has 0 saturated heterocycles. The molecule has 0 N–H and O–H groups in total. The van der Waals surface area contributed by atoms with Gasteiger partial charge in [0.1, 0.15) is 5.60 Å². The molecule has 0 bridgehead atoms. The van der Waals surface area contributed by atoms with Crippen LogP contribution in [0.3, 0.4) is 0 Å². The van der Waals surface area contributed by atoms with Crippen LogP contribution in [0.5, 0.6) is 0 Å². The van der Waals surface area contributed by atoms with Crippen molar-refractivity contribution in [1.29, 1.82) is 0 Å². The van der Waals surface area contributed by atoms with Crippen LogP contribution >= 0.6 is 11.8 Å². The number of hydrogen-bond acceptors (Lipinski definition) is 6. The first kappa shape index (κ1) is 18.0. The summed E-state index contributed by atoms with van der Waals surface area (Å²) in [6, 6.07) is 8.79. The first-order valence-corrected chi connectivity index (χ1v) is 8.15. The molecule has 0 aliphatic heterocycles. The molecule has 24 heavy (non-hydrogen) atoms. The van der Waals surface area contributed by atoms with Gasteiger partial charge >= 0.3 is 11.9 Å². The van der Waals surface area contributed by atoms with Crippen LogP contribution in [0.4, 0.5) is 0 Å². The highest BCUT2D eigenvalue weighted by Crippen LogP contribution is 2.28. The molecule has 126 valence electrons. The maximum Gasteiger partial charge on any atom is 0.340 e. The molecule has 0 aliphatic carbocycles. The average Bonchev–Trinajstić information content (AvgIpc) is 2.53. The third-order valence-electron chi connectivity index (χ3n) is 2.84. The van der Waals surface area contributed by atoms with Gasteiger partial charge < -0.3 is 9.47 Å². The van der Waals surface area contributed by atoms with E-state index in [0.29, 0.717) is 11.1 Å². The van der Waals surface area contributed by atoms with Crippen LogP contribution in [0.25, 0.3) is 0 Å². The van der Waals surface area contributed by atoms with E-state index in [4.69, 9.17) is 9.47 Å².